The first-order valence-electron chi connectivity index (χ1n) is 4.73. The van der Waals surface area contributed by atoms with E-state index in [1.54, 1.807) is 11.8 Å². The Morgan fingerprint density at radius 1 is 1.60 bits per heavy atom. The van der Waals surface area contributed by atoms with Gasteiger partial charge in [-0.2, -0.15) is 5.26 Å². The summed E-state index contributed by atoms with van der Waals surface area (Å²) in [5.41, 5.74) is 6.53. The molecular formula is C10H15N3S2. The molecule has 0 amide bonds. The van der Waals surface area contributed by atoms with Gasteiger partial charge in [-0.15, -0.1) is 23.1 Å². The normalized spacial score (nSPS) is 10.0. The van der Waals surface area contributed by atoms with E-state index >= 15 is 0 Å². The minimum atomic E-state index is 0.623. The van der Waals surface area contributed by atoms with E-state index in [9.17, 15) is 0 Å². The number of hydrogen-bond donors (Lipinski definition) is 1. The van der Waals surface area contributed by atoms with Crippen LogP contribution in [0.25, 0.3) is 0 Å². The Balaban J connectivity index is 3.12. The molecule has 15 heavy (non-hydrogen) atoms. The van der Waals surface area contributed by atoms with Crippen molar-refractivity contribution in [1.29, 1.82) is 5.26 Å². The third kappa shape index (κ3) is 2.39. The molecule has 0 aliphatic heterocycles. The second-order valence-electron chi connectivity index (χ2n) is 3.22. The lowest BCUT2D eigenvalue weighted by atomic mass is 10.4. The highest BCUT2D eigenvalue weighted by Crippen LogP contribution is 2.42. The molecule has 82 valence electrons. The number of nitrogens with zero attached hydrogens (tertiary/aromatic N) is 2. The monoisotopic (exact) mass is 241 g/mol. The molecule has 0 aliphatic rings. The summed E-state index contributed by atoms with van der Waals surface area (Å²) in [7, 11) is 2.04. The average molecular weight is 241 g/mol. The van der Waals surface area contributed by atoms with E-state index in [1.807, 2.05) is 13.3 Å². The molecule has 0 saturated carbocycles. The van der Waals surface area contributed by atoms with Crippen molar-refractivity contribution < 1.29 is 0 Å². The summed E-state index contributed by atoms with van der Waals surface area (Å²) in [6.45, 7) is 3.12. The Morgan fingerprint density at radius 2 is 2.27 bits per heavy atom. The molecule has 1 heterocycles. The zero-order chi connectivity index (χ0) is 11.4. The number of rotatable bonds is 4. The van der Waals surface area contributed by atoms with Gasteiger partial charge in [0.25, 0.3) is 0 Å². The van der Waals surface area contributed by atoms with Gasteiger partial charge in [-0.1, -0.05) is 6.92 Å². The fourth-order valence-corrected chi connectivity index (χ4v) is 3.38. The Morgan fingerprint density at radius 3 is 2.73 bits per heavy atom. The smallest absolute Gasteiger partial charge is 0.131 e. The molecule has 0 unspecified atom stereocenters. The van der Waals surface area contributed by atoms with E-state index in [-0.39, 0.29) is 0 Å². The zero-order valence-corrected chi connectivity index (χ0v) is 10.8. The number of hydrogen-bond acceptors (Lipinski definition) is 5. The Hall–Kier alpha value is -0.860. The molecule has 2 N–H and O–H groups in total. The van der Waals surface area contributed by atoms with Gasteiger partial charge in [-0.05, 0) is 12.7 Å². The third-order valence-electron chi connectivity index (χ3n) is 2.09. The first-order valence-corrected chi connectivity index (χ1v) is 6.77. The summed E-state index contributed by atoms with van der Waals surface area (Å²) in [5, 5.41) is 10.0. The lowest BCUT2D eigenvalue weighted by Crippen LogP contribution is -2.17. The van der Waals surface area contributed by atoms with Gasteiger partial charge in [0.15, 0.2) is 0 Å². The molecule has 0 bridgehead atoms. The van der Waals surface area contributed by atoms with Crippen molar-refractivity contribution in [3.05, 3.63) is 4.88 Å². The van der Waals surface area contributed by atoms with Crippen LogP contribution in [-0.2, 0) is 0 Å². The van der Waals surface area contributed by atoms with Crippen LogP contribution < -0.4 is 10.6 Å². The number of thioether (sulfide) groups is 1. The maximum atomic E-state index is 8.92. The summed E-state index contributed by atoms with van der Waals surface area (Å²) in [5.74, 6) is 0. The van der Waals surface area contributed by atoms with Crippen LogP contribution in [0.5, 0.6) is 0 Å². The van der Waals surface area contributed by atoms with E-state index in [2.05, 4.69) is 17.9 Å². The fourth-order valence-electron chi connectivity index (χ4n) is 1.38. The van der Waals surface area contributed by atoms with Crippen LogP contribution in [0.15, 0.2) is 4.90 Å². The minimum absolute atomic E-state index is 0.623. The van der Waals surface area contributed by atoms with E-state index in [4.69, 9.17) is 11.0 Å². The molecule has 1 rings (SSSR count). The lowest BCUT2D eigenvalue weighted by molar-refractivity contribution is 0.853. The summed E-state index contributed by atoms with van der Waals surface area (Å²) >= 11 is 3.08. The Bertz CT molecular complexity index is 379. The van der Waals surface area contributed by atoms with E-state index in [0.29, 0.717) is 10.6 Å². The average Bonchev–Trinajstić information content (AvgIpc) is 2.55. The molecule has 0 aliphatic carbocycles. The lowest BCUT2D eigenvalue weighted by Gasteiger charge is -2.17. The van der Waals surface area contributed by atoms with E-state index in [1.165, 1.54) is 11.3 Å². The molecule has 1 aromatic rings. The number of thiophene rings is 1. The first kappa shape index (κ1) is 12.2. The molecule has 0 saturated heterocycles. The summed E-state index contributed by atoms with van der Waals surface area (Å²) < 4.78 is 0. The molecule has 3 nitrogen and oxygen atoms in total. The van der Waals surface area contributed by atoms with Gasteiger partial charge in [-0.25, -0.2) is 0 Å². The highest BCUT2D eigenvalue weighted by Gasteiger charge is 2.17. The van der Waals surface area contributed by atoms with E-state index in [0.717, 1.165) is 22.9 Å². The minimum Gasteiger partial charge on any atom is -0.396 e. The van der Waals surface area contributed by atoms with Crippen molar-refractivity contribution in [2.24, 2.45) is 0 Å². The van der Waals surface area contributed by atoms with Gasteiger partial charge in [0.05, 0.1) is 10.6 Å². The van der Waals surface area contributed by atoms with E-state index < -0.39 is 0 Å². The number of nitrogens with two attached hydrogens (primary N) is 1. The van der Waals surface area contributed by atoms with Crippen LogP contribution >= 0.6 is 23.1 Å². The molecule has 0 spiro atoms. The van der Waals surface area contributed by atoms with Crippen LogP contribution in [0.1, 0.15) is 18.2 Å². The van der Waals surface area contributed by atoms with Crippen molar-refractivity contribution in [3.8, 4) is 6.07 Å². The van der Waals surface area contributed by atoms with Crippen molar-refractivity contribution in [2.75, 3.05) is 30.5 Å². The molecule has 0 radical (unpaired) electrons. The molecule has 1 aromatic heterocycles. The van der Waals surface area contributed by atoms with Crippen molar-refractivity contribution >= 4 is 33.8 Å². The topological polar surface area (TPSA) is 53.0 Å². The Kier molecular flexibility index (Phi) is 4.30. The van der Waals surface area contributed by atoms with Crippen LogP contribution in [-0.4, -0.2) is 19.8 Å². The quantitative estimate of drug-likeness (QED) is 0.824. The molecular weight excluding hydrogens is 226 g/mol. The Labute approximate surface area is 98.9 Å². The number of nitrogen functional groups attached to an aromatic ring is 1. The van der Waals surface area contributed by atoms with Crippen molar-refractivity contribution in [2.45, 2.75) is 18.2 Å². The molecule has 0 atom stereocenters. The second kappa shape index (κ2) is 5.29. The summed E-state index contributed by atoms with van der Waals surface area (Å²) in [4.78, 5) is 3.82. The predicted octanol–water partition coefficient (Wildman–Crippen LogP) is 2.77. The van der Waals surface area contributed by atoms with Gasteiger partial charge < -0.3 is 10.6 Å². The van der Waals surface area contributed by atoms with Crippen LogP contribution in [0, 0.1) is 11.3 Å². The fraction of sp³-hybridized carbons (Fsp3) is 0.500. The number of nitriles is 1. The van der Waals surface area contributed by atoms with Gasteiger partial charge in [0.1, 0.15) is 15.9 Å². The standard InChI is InChI=1S/C10H15N3S2/c1-4-5-13(2)10-9(14-3)8(12)7(6-11)15-10/h4-5,12H2,1-3H3. The number of anilines is 2. The summed E-state index contributed by atoms with van der Waals surface area (Å²) in [6.07, 6.45) is 3.08. The van der Waals surface area contributed by atoms with Crippen LogP contribution in [0.2, 0.25) is 0 Å². The predicted molar refractivity (Wildman–Crippen MR) is 68.8 cm³/mol. The SMILES string of the molecule is CCCN(C)c1sc(C#N)c(N)c1SC. The highest BCUT2D eigenvalue weighted by atomic mass is 32.2. The second-order valence-corrected chi connectivity index (χ2v) is 5.03. The molecule has 0 fully saturated rings. The van der Waals surface area contributed by atoms with Crippen LogP contribution in [0.4, 0.5) is 10.7 Å². The van der Waals surface area contributed by atoms with Crippen molar-refractivity contribution in [3.63, 3.8) is 0 Å². The van der Waals surface area contributed by atoms with Crippen molar-refractivity contribution in [1.82, 2.24) is 0 Å². The first-order chi connectivity index (χ1) is 7.15. The summed E-state index contributed by atoms with van der Waals surface area (Å²) in [6, 6.07) is 2.14. The third-order valence-corrected chi connectivity index (χ3v) is 4.27. The maximum Gasteiger partial charge on any atom is 0.131 e. The highest BCUT2D eigenvalue weighted by molar-refractivity contribution is 7.99. The maximum absolute atomic E-state index is 8.92. The molecule has 5 heteroatoms. The zero-order valence-electron chi connectivity index (χ0n) is 9.20. The molecule has 0 aromatic carbocycles. The van der Waals surface area contributed by atoms with Gasteiger partial charge >= 0.3 is 0 Å². The van der Waals surface area contributed by atoms with Gasteiger partial charge in [-0.3, -0.25) is 0 Å². The van der Waals surface area contributed by atoms with Gasteiger partial charge in [0.2, 0.25) is 0 Å². The largest absolute Gasteiger partial charge is 0.396 e. The van der Waals surface area contributed by atoms with Crippen LogP contribution in [0.3, 0.4) is 0 Å². The van der Waals surface area contributed by atoms with Gasteiger partial charge in [0, 0.05) is 13.6 Å².